The Morgan fingerprint density at radius 2 is 1.00 bits per heavy atom. The van der Waals surface area contributed by atoms with Crippen molar-refractivity contribution in [2.45, 2.75) is 32.7 Å². The van der Waals surface area contributed by atoms with Crippen LogP contribution in [-0.4, -0.2) is 0 Å². The van der Waals surface area contributed by atoms with Crippen molar-refractivity contribution in [2.24, 2.45) is 0 Å². The largest absolute Gasteiger partial charge is 0.363 e. The molecule has 0 aliphatic carbocycles. The summed E-state index contributed by atoms with van der Waals surface area (Å²) < 4.78 is 0. The first-order chi connectivity index (χ1) is 12.1. The van der Waals surface area contributed by atoms with Gasteiger partial charge in [0.05, 0.1) is 0 Å². The maximum atomic E-state index is 4.36. The SMILES string of the molecule is Cc1ccc(CN(Cc2ccc(C)cc2)c2ccc(CS)cc2)cc1. The third kappa shape index (κ3) is 4.90. The fourth-order valence-electron chi connectivity index (χ4n) is 2.88. The molecule has 3 rings (SSSR count). The van der Waals surface area contributed by atoms with Crippen molar-refractivity contribution < 1.29 is 0 Å². The summed E-state index contributed by atoms with van der Waals surface area (Å²) in [6.07, 6.45) is 0. The van der Waals surface area contributed by atoms with Gasteiger partial charge in [0.25, 0.3) is 0 Å². The molecule has 0 N–H and O–H groups in total. The molecule has 0 saturated carbocycles. The zero-order valence-electron chi connectivity index (χ0n) is 14.9. The Balaban J connectivity index is 1.85. The van der Waals surface area contributed by atoms with Crippen LogP contribution >= 0.6 is 12.6 Å². The van der Waals surface area contributed by atoms with Gasteiger partial charge < -0.3 is 4.90 Å². The molecule has 0 aliphatic heterocycles. The smallest absolute Gasteiger partial charge is 0.0433 e. The molecule has 0 unspecified atom stereocenters. The molecule has 0 spiro atoms. The molecular formula is C23H25NS. The molecule has 2 heteroatoms. The minimum Gasteiger partial charge on any atom is -0.363 e. The van der Waals surface area contributed by atoms with Crippen molar-refractivity contribution in [3.05, 3.63) is 101 Å². The molecule has 0 aliphatic rings. The van der Waals surface area contributed by atoms with E-state index in [0.717, 1.165) is 18.8 Å². The average Bonchev–Trinajstić information content (AvgIpc) is 2.65. The normalized spacial score (nSPS) is 10.7. The van der Waals surface area contributed by atoms with E-state index >= 15 is 0 Å². The highest BCUT2D eigenvalue weighted by atomic mass is 32.1. The molecule has 0 radical (unpaired) electrons. The number of hydrogen-bond donors (Lipinski definition) is 1. The Kier molecular flexibility index (Phi) is 5.83. The summed E-state index contributed by atoms with van der Waals surface area (Å²) in [7, 11) is 0. The van der Waals surface area contributed by atoms with Crippen LogP contribution in [0.2, 0.25) is 0 Å². The van der Waals surface area contributed by atoms with E-state index in [4.69, 9.17) is 0 Å². The van der Waals surface area contributed by atoms with E-state index in [1.54, 1.807) is 0 Å². The number of nitrogens with zero attached hydrogens (tertiary/aromatic N) is 1. The van der Waals surface area contributed by atoms with Gasteiger partial charge in [-0.05, 0) is 42.7 Å². The molecule has 0 heterocycles. The number of thiol groups is 1. The zero-order chi connectivity index (χ0) is 17.6. The van der Waals surface area contributed by atoms with Gasteiger partial charge in [-0.2, -0.15) is 12.6 Å². The minimum atomic E-state index is 0.774. The third-order valence-corrected chi connectivity index (χ3v) is 4.84. The Bertz CT molecular complexity index is 742. The lowest BCUT2D eigenvalue weighted by Gasteiger charge is -2.26. The van der Waals surface area contributed by atoms with Gasteiger partial charge in [-0.15, -0.1) is 0 Å². The van der Waals surface area contributed by atoms with Gasteiger partial charge in [-0.3, -0.25) is 0 Å². The maximum Gasteiger partial charge on any atom is 0.0433 e. The van der Waals surface area contributed by atoms with Crippen molar-refractivity contribution in [2.75, 3.05) is 4.90 Å². The molecule has 0 bridgehead atoms. The van der Waals surface area contributed by atoms with Crippen LogP contribution in [0.25, 0.3) is 0 Å². The van der Waals surface area contributed by atoms with Crippen LogP contribution in [-0.2, 0) is 18.8 Å². The van der Waals surface area contributed by atoms with Gasteiger partial charge in [-0.25, -0.2) is 0 Å². The van der Waals surface area contributed by atoms with Crippen molar-refractivity contribution in [3.63, 3.8) is 0 Å². The molecule has 0 amide bonds. The Hall–Kier alpha value is -2.19. The highest BCUT2D eigenvalue weighted by Crippen LogP contribution is 2.22. The lowest BCUT2D eigenvalue weighted by molar-refractivity contribution is 0.799. The zero-order valence-corrected chi connectivity index (χ0v) is 15.8. The fourth-order valence-corrected chi connectivity index (χ4v) is 3.09. The van der Waals surface area contributed by atoms with E-state index in [2.05, 4.69) is 104 Å². The first-order valence-corrected chi connectivity index (χ1v) is 9.33. The summed E-state index contributed by atoms with van der Waals surface area (Å²) in [5.74, 6) is 0.774. The second kappa shape index (κ2) is 8.26. The Morgan fingerprint density at radius 3 is 1.40 bits per heavy atom. The number of aryl methyl sites for hydroxylation is 2. The minimum absolute atomic E-state index is 0.774. The van der Waals surface area contributed by atoms with Crippen LogP contribution in [0.15, 0.2) is 72.8 Å². The molecule has 128 valence electrons. The summed E-state index contributed by atoms with van der Waals surface area (Å²) in [6.45, 7) is 6.05. The molecule has 1 nitrogen and oxygen atoms in total. The van der Waals surface area contributed by atoms with Gasteiger partial charge >= 0.3 is 0 Å². The average molecular weight is 348 g/mol. The van der Waals surface area contributed by atoms with Gasteiger partial charge in [-0.1, -0.05) is 71.8 Å². The van der Waals surface area contributed by atoms with Crippen molar-refractivity contribution >= 4 is 18.3 Å². The van der Waals surface area contributed by atoms with E-state index < -0.39 is 0 Å². The monoisotopic (exact) mass is 347 g/mol. The van der Waals surface area contributed by atoms with Gasteiger partial charge in [0.15, 0.2) is 0 Å². The van der Waals surface area contributed by atoms with Crippen LogP contribution in [0.4, 0.5) is 5.69 Å². The van der Waals surface area contributed by atoms with Crippen LogP contribution < -0.4 is 4.90 Å². The highest BCUT2D eigenvalue weighted by Gasteiger charge is 2.09. The lowest BCUT2D eigenvalue weighted by atomic mass is 10.1. The fraction of sp³-hybridized carbons (Fsp3) is 0.217. The first-order valence-electron chi connectivity index (χ1n) is 8.70. The summed E-state index contributed by atoms with van der Waals surface area (Å²) in [5.41, 5.74) is 7.75. The number of hydrogen-bond acceptors (Lipinski definition) is 2. The van der Waals surface area contributed by atoms with Crippen LogP contribution in [0.1, 0.15) is 27.8 Å². The van der Waals surface area contributed by atoms with Crippen LogP contribution in [0.5, 0.6) is 0 Å². The predicted molar refractivity (Wildman–Crippen MR) is 111 cm³/mol. The highest BCUT2D eigenvalue weighted by molar-refractivity contribution is 7.79. The number of rotatable bonds is 6. The van der Waals surface area contributed by atoms with E-state index in [9.17, 15) is 0 Å². The third-order valence-electron chi connectivity index (χ3n) is 4.47. The van der Waals surface area contributed by atoms with Gasteiger partial charge in [0.2, 0.25) is 0 Å². The van der Waals surface area contributed by atoms with E-state index in [1.807, 2.05) is 0 Å². The second-order valence-corrected chi connectivity index (χ2v) is 6.97. The van der Waals surface area contributed by atoms with E-state index in [0.29, 0.717) is 0 Å². The van der Waals surface area contributed by atoms with E-state index in [1.165, 1.54) is 33.5 Å². The molecule has 3 aromatic rings. The van der Waals surface area contributed by atoms with Gasteiger partial charge in [0.1, 0.15) is 0 Å². The van der Waals surface area contributed by atoms with Crippen molar-refractivity contribution in [1.29, 1.82) is 0 Å². The van der Waals surface area contributed by atoms with Crippen molar-refractivity contribution in [3.8, 4) is 0 Å². The number of benzene rings is 3. The summed E-state index contributed by atoms with van der Waals surface area (Å²) >= 11 is 4.36. The summed E-state index contributed by atoms with van der Waals surface area (Å²) in [6, 6.07) is 26.4. The number of anilines is 1. The molecule has 0 saturated heterocycles. The molecule has 0 atom stereocenters. The molecule has 0 aromatic heterocycles. The first kappa shape index (κ1) is 17.6. The maximum absolute atomic E-state index is 4.36. The Labute approximate surface area is 156 Å². The second-order valence-electron chi connectivity index (χ2n) is 6.65. The summed E-state index contributed by atoms with van der Waals surface area (Å²) in [5, 5.41) is 0. The standard InChI is InChI=1S/C23H25NS/c1-18-3-7-20(8-4-18)15-24(16-21-9-5-19(2)6-10-21)23-13-11-22(17-25)12-14-23/h3-14,25H,15-17H2,1-2H3. The Morgan fingerprint density at radius 1 is 0.600 bits per heavy atom. The predicted octanol–water partition coefficient (Wildman–Crippen LogP) is 5.94. The molecular weight excluding hydrogens is 322 g/mol. The van der Waals surface area contributed by atoms with Crippen LogP contribution in [0.3, 0.4) is 0 Å². The lowest BCUT2D eigenvalue weighted by Crippen LogP contribution is -2.22. The summed E-state index contributed by atoms with van der Waals surface area (Å²) in [4.78, 5) is 2.43. The molecule has 25 heavy (non-hydrogen) atoms. The molecule has 3 aromatic carbocycles. The topological polar surface area (TPSA) is 3.24 Å². The van der Waals surface area contributed by atoms with Crippen LogP contribution in [0, 0.1) is 13.8 Å². The molecule has 0 fully saturated rings. The quantitative estimate of drug-likeness (QED) is 0.540. The van der Waals surface area contributed by atoms with Gasteiger partial charge in [0, 0.05) is 24.5 Å². The van der Waals surface area contributed by atoms with Crippen molar-refractivity contribution in [1.82, 2.24) is 0 Å². The van der Waals surface area contributed by atoms with E-state index in [-0.39, 0.29) is 0 Å².